The van der Waals surface area contributed by atoms with Crippen LogP contribution >= 0.6 is 11.3 Å². The number of benzodiazepines with no additional fused rings is 1. The number of nitrogens with one attached hydrogen (secondary N) is 2. The molecule has 2 fully saturated rings. The Hall–Kier alpha value is -4.13. The number of carbonyl (C=O) groups is 1. The Morgan fingerprint density at radius 1 is 1.05 bits per heavy atom. The minimum atomic E-state index is -1.02. The number of hydrogen-bond acceptors (Lipinski definition) is 11. The Balaban J connectivity index is 1.21. The smallest absolute Gasteiger partial charge is 0.317 e. The summed E-state index contributed by atoms with van der Waals surface area (Å²) < 4.78 is 11.5. The maximum atomic E-state index is 13.2. The SMILES string of the molecule is O=C1Nc2ccccc2C(c2ccccc2)=N[C@@H]1Nc1nnc(-c2nc(C3(O)CCC3)sc2N2CCOCC2)o1. The molecule has 40 heavy (non-hydrogen) atoms. The summed E-state index contributed by atoms with van der Waals surface area (Å²) >= 11 is 1.46. The van der Waals surface area contributed by atoms with E-state index in [1.165, 1.54) is 11.3 Å². The minimum Gasteiger partial charge on any atom is -0.402 e. The largest absolute Gasteiger partial charge is 0.402 e. The van der Waals surface area contributed by atoms with E-state index >= 15 is 0 Å². The highest BCUT2D eigenvalue weighted by molar-refractivity contribution is 7.16. The molecule has 1 atom stereocenters. The molecular formula is C28H27N7O4S. The molecule has 7 rings (SSSR count). The van der Waals surface area contributed by atoms with E-state index in [-0.39, 0.29) is 17.8 Å². The number of ether oxygens (including phenoxy) is 1. The molecule has 0 bridgehead atoms. The number of nitrogens with zero attached hydrogens (tertiary/aromatic N) is 5. The van der Waals surface area contributed by atoms with Gasteiger partial charge in [-0.3, -0.25) is 4.79 Å². The topological polar surface area (TPSA) is 138 Å². The highest BCUT2D eigenvalue weighted by Crippen LogP contribution is 2.47. The highest BCUT2D eigenvalue weighted by Gasteiger charge is 2.41. The first-order valence-electron chi connectivity index (χ1n) is 13.3. The van der Waals surface area contributed by atoms with Crippen molar-refractivity contribution in [1.29, 1.82) is 0 Å². The van der Waals surface area contributed by atoms with Crippen LogP contribution in [-0.2, 0) is 15.1 Å². The first kappa shape index (κ1) is 24.9. The van der Waals surface area contributed by atoms with Gasteiger partial charge in [0.2, 0.25) is 6.17 Å². The van der Waals surface area contributed by atoms with Crippen molar-refractivity contribution >= 4 is 39.7 Å². The van der Waals surface area contributed by atoms with Crippen LogP contribution in [0, 0.1) is 0 Å². The van der Waals surface area contributed by atoms with Crippen LogP contribution in [-0.4, -0.2) is 64.4 Å². The fraction of sp³-hybridized carbons (Fsp3) is 0.321. The molecule has 4 heterocycles. The number of rotatable bonds is 6. The van der Waals surface area contributed by atoms with Crippen LogP contribution in [0.2, 0.25) is 0 Å². The Labute approximate surface area is 233 Å². The van der Waals surface area contributed by atoms with Crippen molar-refractivity contribution in [3.05, 3.63) is 70.7 Å². The van der Waals surface area contributed by atoms with E-state index in [2.05, 4.69) is 25.7 Å². The Kier molecular flexibility index (Phi) is 6.29. The van der Waals surface area contributed by atoms with E-state index in [4.69, 9.17) is 19.1 Å². The molecule has 2 aliphatic heterocycles. The maximum absolute atomic E-state index is 13.2. The molecule has 0 unspecified atom stereocenters. The number of morpholine rings is 1. The fourth-order valence-electron chi connectivity index (χ4n) is 5.03. The molecule has 1 saturated heterocycles. The van der Waals surface area contributed by atoms with E-state index in [0.29, 0.717) is 61.2 Å². The van der Waals surface area contributed by atoms with Crippen molar-refractivity contribution in [3.63, 3.8) is 0 Å². The zero-order valence-corrected chi connectivity index (χ0v) is 22.4. The third-order valence-corrected chi connectivity index (χ3v) is 8.68. The highest BCUT2D eigenvalue weighted by atomic mass is 32.1. The summed E-state index contributed by atoms with van der Waals surface area (Å²) in [6.07, 6.45) is 1.31. The predicted octanol–water partition coefficient (Wildman–Crippen LogP) is 3.63. The fourth-order valence-corrected chi connectivity index (χ4v) is 6.29. The monoisotopic (exact) mass is 557 g/mol. The lowest BCUT2D eigenvalue weighted by Gasteiger charge is -2.34. The minimum absolute atomic E-state index is 0.0436. The number of benzene rings is 2. The lowest BCUT2D eigenvalue weighted by atomic mass is 9.81. The van der Waals surface area contributed by atoms with Gasteiger partial charge in [0, 0.05) is 24.2 Å². The first-order valence-corrected chi connectivity index (χ1v) is 14.1. The number of fused-ring (bicyclic) bond motifs is 1. The summed E-state index contributed by atoms with van der Waals surface area (Å²) in [7, 11) is 0. The summed E-state index contributed by atoms with van der Waals surface area (Å²) in [5, 5.41) is 26.9. The summed E-state index contributed by atoms with van der Waals surface area (Å²) in [4.78, 5) is 25.0. The molecule has 0 radical (unpaired) electrons. The molecule has 11 nitrogen and oxygen atoms in total. The average molecular weight is 558 g/mol. The van der Waals surface area contributed by atoms with Crippen LogP contribution in [0.5, 0.6) is 0 Å². The van der Waals surface area contributed by atoms with Crippen LogP contribution in [0.25, 0.3) is 11.6 Å². The van der Waals surface area contributed by atoms with Gasteiger partial charge in [0.25, 0.3) is 11.8 Å². The number of thiazole rings is 1. The third-order valence-electron chi connectivity index (χ3n) is 7.37. The molecule has 204 valence electrons. The second kappa shape index (κ2) is 10.1. The number of carbonyl (C=O) groups excluding carboxylic acids is 1. The number of hydrogen-bond donors (Lipinski definition) is 3. The molecule has 1 aliphatic carbocycles. The molecule has 1 amide bonds. The van der Waals surface area contributed by atoms with Gasteiger partial charge >= 0.3 is 6.01 Å². The molecule has 4 aromatic rings. The van der Waals surface area contributed by atoms with Gasteiger partial charge in [0.1, 0.15) is 15.6 Å². The second-order valence-corrected chi connectivity index (χ2v) is 11.0. The zero-order chi connectivity index (χ0) is 27.1. The van der Waals surface area contributed by atoms with Gasteiger partial charge in [-0.1, -0.05) is 65.0 Å². The summed E-state index contributed by atoms with van der Waals surface area (Å²) in [5.41, 5.74) is 2.64. The second-order valence-electron chi connectivity index (χ2n) is 10.00. The Morgan fingerprint density at radius 3 is 2.60 bits per heavy atom. The van der Waals surface area contributed by atoms with Gasteiger partial charge in [0.05, 0.1) is 24.6 Å². The molecular weight excluding hydrogens is 530 g/mol. The zero-order valence-electron chi connectivity index (χ0n) is 21.5. The van der Waals surface area contributed by atoms with Gasteiger partial charge < -0.3 is 29.8 Å². The van der Waals surface area contributed by atoms with Crippen LogP contribution in [0.4, 0.5) is 16.7 Å². The molecule has 12 heteroatoms. The number of aliphatic imine (C=N–C) groups is 1. The van der Waals surface area contributed by atoms with Crippen LogP contribution < -0.4 is 15.5 Å². The molecule has 2 aromatic heterocycles. The van der Waals surface area contributed by atoms with Crippen molar-refractivity contribution in [2.75, 3.05) is 41.8 Å². The summed E-state index contributed by atoms with van der Waals surface area (Å²) in [5.74, 6) is -0.144. The van der Waals surface area contributed by atoms with E-state index in [1.54, 1.807) is 0 Å². The van der Waals surface area contributed by atoms with Gasteiger partial charge in [0.15, 0.2) is 5.69 Å². The third kappa shape index (κ3) is 4.53. The van der Waals surface area contributed by atoms with Gasteiger partial charge in [-0.25, -0.2) is 9.98 Å². The molecule has 3 aliphatic rings. The number of aromatic nitrogens is 3. The molecule has 0 spiro atoms. The molecule has 3 N–H and O–H groups in total. The Morgan fingerprint density at radius 2 is 1.82 bits per heavy atom. The quantitative estimate of drug-likeness (QED) is 0.324. The normalized spacial score (nSPS) is 20.1. The van der Waals surface area contributed by atoms with Gasteiger partial charge in [-0.15, -0.1) is 5.10 Å². The van der Waals surface area contributed by atoms with Crippen LogP contribution in [0.3, 0.4) is 0 Å². The van der Waals surface area contributed by atoms with Gasteiger partial charge in [-0.05, 0) is 25.3 Å². The van der Waals surface area contributed by atoms with E-state index in [1.807, 2.05) is 54.6 Å². The van der Waals surface area contributed by atoms with E-state index < -0.39 is 11.8 Å². The number of aliphatic hydroxyl groups is 1. The Bertz CT molecular complexity index is 1570. The van der Waals surface area contributed by atoms with Crippen LogP contribution in [0.1, 0.15) is 35.4 Å². The van der Waals surface area contributed by atoms with Gasteiger partial charge in [-0.2, -0.15) is 0 Å². The standard InChI is InChI=1S/C28H27N7O4S/c36-23-22(30-20(17-7-2-1-3-8-17)18-9-4-5-10-19(18)29-23)32-27-34-33-24(39-27)21-25(35-13-15-38-16-14-35)40-26(31-21)28(37)11-6-12-28/h1-5,7-10,22,37H,6,11-16H2,(H,29,36)(H,32,34)/t22-/m1/s1. The molecule has 1 saturated carbocycles. The number of para-hydroxylation sites is 1. The van der Waals surface area contributed by atoms with Crippen molar-refractivity contribution in [3.8, 4) is 11.6 Å². The van der Waals surface area contributed by atoms with Crippen molar-refractivity contribution in [2.45, 2.75) is 31.0 Å². The number of anilines is 3. The predicted molar refractivity (Wildman–Crippen MR) is 151 cm³/mol. The van der Waals surface area contributed by atoms with Crippen molar-refractivity contribution < 1.29 is 19.1 Å². The maximum Gasteiger partial charge on any atom is 0.317 e. The first-order chi connectivity index (χ1) is 19.6. The lowest BCUT2D eigenvalue weighted by Crippen LogP contribution is -2.36. The van der Waals surface area contributed by atoms with Crippen molar-refractivity contribution in [2.24, 2.45) is 4.99 Å². The number of amides is 1. The van der Waals surface area contributed by atoms with E-state index in [9.17, 15) is 9.90 Å². The molecule has 2 aromatic carbocycles. The summed E-state index contributed by atoms with van der Waals surface area (Å²) in [6, 6.07) is 17.3. The van der Waals surface area contributed by atoms with Crippen LogP contribution in [0.15, 0.2) is 64.0 Å². The lowest BCUT2D eigenvalue weighted by molar-refractivity contribution is -0.116. The van der Waals surface area contributed by atoms with Crippen molar-refractivity contribution in [1.82, 2.24) is 15.2 Å². The summed E-state index contributed by atoms with van der Waals surface area (Å²) in [6.45, 7) is 2.61. The van der Waals surface area contributed by atoms with E-state index in [0.717, 1.165) is 22.5 Å². The average Bonchev–Trinajstić information content (AvgIpc) is 3.60.